The van der Waals surface area contributed by atoms with Gasteiger partial charge in [-0.1, -0.05) is 18.2 Å². The van der Waals surface area contributed by atoms with Crippen LogP contribution >= 0.6 is 0 Å². The van der Waals surface area contributed by atoms with E-state index >= 15 is 0 Å². The van der Waals surface area contributed by atoms with Gasteiger partial charge in [-0.05, 0) is 78.2 Å². The molecule has 0 aromatic heterocycles. The topological polar surface area (TPSA) is 211 Å². The summed E-state index contributed by atoms with van der Waals surface area (Å²) < 4.78 is 65.7. The van der Waals surface area contributed by atoms with Crippen molar-refractivity contribution in [1.29, 1.82) is 0 Å². The molecule has 218 valence electrons. The van der Waals surface area contributed by atoms with Gasteiger partial charge in [-0.25, -0.2) is 0 Å². The Balaban J connectivity index is 1.43. The number of nitrogens with one attached hydrogen (secondary N) is 1. The molecule has 43 heavy (non-hydrogen) atoms. The van der Waals surface area contributed by atoms with Gasteiger partial charge >= 0.3 is 0 Å². The summed E-state index contributed by atoms with van der Waals surface area (Å²) in [5, 5.41) is 40.6. The zero-order chi connectivity index (χ0) is 30.8. The summed E-state index contributed by atoms with van der Waals surface area (Å²) in [5.41, 5.74) is 1.19. The van der Waals surface area contributed by atoms with Crippen molar-refractivity contribution in [3.8, 4) is 11.5 Å². The fourth-order valence-corrected chi connectivity index (χ4v) is 5.11. The standard InChI is InChI=1S/C28H21N5O8S2/c34-25-16-21(31-30-19-6-10-22(11-7-19)42(36,37)38)9-13-24(25)32-33-27-26(43(39,40)41)15-17-14-20(8-12-23(17)28(27)35)29-18-4-2-1-3-5-18/h1-16,29,34-35H,(H,36,37,38)(H,39,40,41). The second-order valence-electron chi connectivity index (χ2n) is 9.02. The average Bonchev–Trinajstić information content (AvgIpc) is 2.96. The minimum atomic E-state index is -4.86. The van der Waals surface area contributed by atoms with Crippen LogP contribution in [-0.4, -0.2) is 36.2 Å². The lowest BCUT2D eigenvalue weighted by molar-refractivity contribution is 0.471. The Bertz CT molecular complexity index is 2120. The Morgan fingerprint density at radius 2 is 1.28 bits per heavy atom. The summed E-state index contributed by atoms with van der Waals surface area (Å²) in [6, 6.07) is 24.0. The number of nitrogens with zero attached hydrogens (tertiary/aromatic N) is 4. The Kier molecular flexibility index (Phi) is 7.88. The molecule has 0 atom stereocenters. The van der Waals surface area contributed by atoms with E-state index in [0.717, 1.165) is 23.9 Å². The van der Waals surface area contributed by atoms with E-state index in [1.165, 1.54) is 30.3 Å². The molecule has 0 fully saturated rings. The van der Waals surface area contributed by atoms with E-state index in [4.69, 9.17) is 4.55 Å². The third kappa shape index (κ3) is 6.82. The predicted octanol–water partition coefficient (Wildman–Crippen LogP) is 7.32. The summed E-state index contributed by atoms with van der Waals surface area (Å²) in [7, 11) is -9.21. The normalized spacial score (nSPS) is 12.3. The smallest absolute Gasteiger partial charge is 0.296 e. The Morgan fingerprint density at radius 3 is 1.93 bits per heavy atom. The van der Waals surface area contributed by atoms with Crippen LogP contribution in [0.3, 0.4) is 0 Å². The Hall–Kier alpha value is -5.22. The molecule has 5 aromatic carbocycles. The second kappa shape index (κ2) is 11.6. The lowest BCUT2D eigenvalue weighted by Gasteiger charge is -2.11. The first-order valence-corrected chi connectivity index (χ1v) is 15.1. The van der Waals surface area contributed by atoms with E-state index in [2.05, 4.69) is 25.8 Å². The molecule has 0 radical (unpaired) electrons. The van der Waals surface area contributed by atoms with Crippen LogP contribution in [0, 0.1) is 0 Å². The van der Waals surface area contributed by atoms with E-state index in [1.807, 2.05) is 30.3 Å². The van der Waals surface area contributed by atoms with Crippen LogP contribution in [0.5, 0.6) is 11.5 Å². The number of aromatic hydroxyl groups is 2. The van der Waals surface area contributed by atoms with Gasteiger partial charge < -0.3 is 15.5 Å². The molecule has 0 aliphatic rings. The summed E-state index contributed by atoms with van der Waals surface area (Å²) in [6.45, 7) is 0. The number of hydrogen-bond acceptors (Lipinski definition) is 11. The number of hydrogen-bond donors (Lipinski definition) is 5. The summed E-state index contributed by atoms with van der Waals surface area (Å²) in [5.74, 6) is -0.961. The molecular formula is C28H21N5O8S2. The Morgan fingerprint density at radius 1 is 0.605 bits per heavy atom. The minimum Gasteiger partial charge on any atom is -0.506 e. The summed E-state index contributed by atoms with van der Waals surface area (Å²) >= 11 is 0. The predicted molar refractivity (Wildman–Crippen MR) is 158 cm³/mol. The van der Waals surface area contributed by atoms with E-state index in [0.29, 0.717) is 11.1 Å². The number of benzene rings is 5. The highest BCUT2D eigenvalue weighted by atomic mass is 32.2. The molecule has 0 saturated carbocycles. The molecule has 0 amide bonds. The number of phenolic OH excluding ortho intramolecular Hbond substituents is 2. The molecule has 0 spiro atoms. The first-order valence-electron chi connectivity index (χ1n) is 12.2. The third-order valence-electron chi connectivity index (χ3n) is 6.02. The molecule has 0 aliphatic carbocycles. The van der Waals surface area contributed by atoms with Crippen molar-refractivity contribution >= 4 is 65.1 Å². The maximum atomic E-state index is 12.2. The van der Waals surface area contributed by atoms with Crippen LogP contribution in [-0.2, 0) is 20.2 Å². The molecule has 5 aromatic rings. The fourth-order valence-electron chi connectivity index (χ4n) is 3.97. The number of fused-ring (bicyclic) bond motifs is 1. The quantitative estimate of drug-likeness (QED) is 0.0868. The molecule has 5 rings (SSSR count). The molecule has 0 aliphatic heterocycles. The molecule has 0 heterocycles. The first kappa shape index (κ1) is 29.3. The zero-order valence-corrected chi connectivity index (χ0v) is 23.4. The van der Waals surface area contributed by atoms with Gasteiger partial charge in [0.15, 0.2) is 5.75 Å². The SMILES string of the molecule is O=S(=O)(O)c1ccc(N=Nc2ccc(N=Nc3c(S(=O)(=O)O)cc4cc(Nc5ccccc5)ccc4c3O)c(O)c2)cc1. The van der Waals surface area contributed by atoms with E-state index < -0.39 is 42.3 Å². The lowest BCUT2D eigenvalue weighted by Crippen LogP contribution is -1.99. The number of azo groups is 2. The highest BCUT2D eigenvalue weighted by Crippen LogP contribution is 2.43. The maximum absolute atomic E-state index is 12.2. The average molecular weight is 620 g/mol. The molecule has 0 bridgehead atoms. The molecule has 15 heteroatoms. The zero-order valence-electron chi connectivity index (χ0n) is 21.8. The molecule has 0 unspecified atom stereocenters. The number of phenols is 2. The summed E-state index contributed by atoms with van der Waals surface area (Å²) in [6.07, 6.45) is 0. The van der Waals surface area contributed by atoms with Crippen molar-refractivity contribution in [1.82, 2.24) is 0 Å². The van der Waals surface area contributed by atoms with Crippen LogP contribution < -0.4 is 5.32 Å². The third-order valence-corrected chi connectivity index (χ3v) is 7.76. The van der Waals surface area contributed by atoms with Gasteiger partial charge in [0.2, 0.25) is 0 Å². The van der Waals surface area contributed by atoms with Gasteiger partial charge in [-0.2, -0.15) is 27.1 Å². The lowest BCUT2D eigenvalue weighted by atomic mass is 10.1. The second-order valence-corrected chi connectivity index (χ2v) is 11.8. The van der Waals surface area contributed by atoms with Crippen molar-refractivity contribution in [2.24, 2.45) is 20.5 Å². The van der Waals surface area contributed by atoms with Crippen molar-refractivity contribution in [2.75, 3.05) is 5.32 Å². The van der Waals surface area contributed by atoms with E-state index in [1.54, 1.807) is 18.2 Å². The van der Waals surface area contributed by atoms with Gasteiger partial charge in [0, 0.05) is 22.8 Å². The fraction of sp³-hybridized carbons (Fsp3) is 0. The van der Waals surface area contributed by atoms with Gasteiger partial charge in [-0.15, -0.1) is 10.2 Å². The van der Waals surface area contributed by atoms with Crippen molar-refractivity contribution in [2.45, 2.75) is 9.79 Å². The highest BCUT2D eigenvalue weighted by molar-refractivity contribution is 7.86. The molecule has 5 N–H and O–H groups in total. The summed E-state index contributed by atoms with van der Waals surface area (Å²) in [4.78, 5) is -0.999. The van der Waals surface area contributed by atoms with Crippen LogP contribution in [0.15, 0.2) is 127 Å². The van der Waals surface area contributed by atoms with Crippen LogP contribution in [0.1, 0.15) is 0 Å². The van der Waals surface area contributed by atoms with E-state index in [9.17, 15) is 31.6 Å². The molecular weight excluding hydrogens is 598 g/mol. The molecule has 13 nitrogen and oxygen atoms in total. The number of anilines is 2. The molecule has 0 saturated heterocycles. The highest BCUT2D eigenvalue weighted by Gasteiger charge is 2.22. The van der Waals surface area contributed by atoms with Gasteiger partial charge in [0.05, 0.1) is 16.3 Å². The first-order chi connectivity index (χ1) is 20.4. The van der Waals surface area contributed by atoms with Crippen molar-refractivity contribution in [3.63, 3.8) is 0 Å². The van der Waals surface area contributed by atoms with Gasteiger partial charge in [0.1, 0.15) is 22.0 Å². The minimum absolute atomic E-state index is 0.111. The van der Waals surface area contributed by atoms with Crippen molar-refractivity contribution in [3.05, 3.63) is 97.1 Å². The number of rotatable bonds is 8. The maximum Gasteiger partial charge on any atom is 0.296 e. The monoisotopic (exact) mass is 619 g/mol. The van der Waals surface area contributed by atoms with Crippen molar-refractivity contribution < 1.29 is 36.2 Å². The van der Waals surface area contributed by atoms with Crippen LogP contribution in [0.4, 0.5) is 34.1 Å². The van der Waals surface area contributed by atoms with Crippen LogP contribution in [0.25, 0.3) is 10.8 Å². The van der Waals surface area contributed by atoms with E-state index in [-0.39, 0.29) is 27.3 Å². The Labute approximate surface area is 245 Å². The number of para-hydroxylation sites is 1. The van der Waals surface area contributed by atoms with Gasteiger partial charge in [-0.3, -0.25) is 9.11 Å². The largest absolute Gasteiger partial charge is 0.506 e. The van der Waals surface area contributed by atoms with Gasteiger partial charge in [0.25, 0.3) is 20.2 Å². The van der Waals surface area contributed by atoms with Crippen LogP contribution in [0.2, 0.25) is 0 Å².